The Morgan fingerprint density at radius 2 is 1.86 bits per heavy atom. The molecule has 1 saturated heterocycles. The van der Waals surface area contributed by atoms with E-state index in [1.54, 1.807) is 31.4 Å². The van der Waals surface area contributed by atoms with Crippen LogP contribution < -0.4 is 19.1 Å². The summed E-state index contributed by atoms with van der Waals surface area (Å²) in [7, 11) is 1.59. The molecule has 0 atom stereocenters. The Balaban J connectivity index is 1.38. The molecule has 28 heavy (non-hydrogen) atoms. The number of hydrogen-bond donors (Lipinski definition) is 1. The van der Waals surface area contributed by atoms with Crippen LogP contribution in [0.4, 0.5) is 4.39 Å². The van der Waals surface area contributed by atoms with Crippen molar-refractivity contribution in [2.45, 2.75) is 6.54 Å². The molecular formula is C21H24FN2O4+. The van der Waals surface area contributed by atoms with Crippen LogP contribution in [0.5, 0.6) is 17.2 Å². The number of fused-ring (bicyclic) bond motifs is 1. The summed E-state index contributed by atoms with van der Waals surface area (Å²) in [5.74, 6) is 1.74. The Labute approximate surface area is 163 Å². The third-order valence-electron chi connectivity index (χ3n) is 5.23. The molecular weight excluding hydrogens is 363 g/mol. The summed E-state index contributed by atoms with van der Waals surface area (Å²) in [4.78, 5) is 16.0. The zero-order valence-corrected chi connectivity index (χ0v) is 15.9. The van der Waals surface area contributed by atoms with Crippen molar-refractivity contribution in [3.8, 4) is 17.2 Å². The van der Waals surface area contributed by atoms with Crippen LogP contribution >= 0.6 is 0 Å². The predicted molar refractivity (Wildman–Crippen MR) is 101 cm³/mol. The molecule has 7 heteroatoms. The highest BCUT2D eigenvalue weighted by Gasteiger charge is 2.26. The van der Waals surface area contributed by atoms with E-state index in [-0.39, 0.29) is 11.7 Å². The van der Waals surface area contributed by atoms with Gasteiger partial charge in [0.05, 0.1) is 38.9 Å². The van der Waals surface area contributed by atoms with Gasteiger partial charge in [-0.2, -0.15) is 0 Å². The molecule has 148 valence electrons. The molecule has 2 aliphatic heterocycles. The van der Waals surface area contributed by atoms with Gasteiger partial charge in [-0.1, -0.05) is 0 Å². The van der Waals surface area contributed by atoms with Gasteiger partial charge in [0, 0.05) is 5.56 Å². The van der Waals surface area contributed by atoms with Gasteiger partial charge in [0.1, 0.15) is 31.3 Å². The second-order valence-corrected chi connectivity index (χ2v) is 7.03. The number of halogens is 1. The standard InChI is InChI=1S/C21H23FN2O4/c1-26-18-5-3-17(22)12-16(18)14-23-6-8-24(9-7-23)21(25)15-2-4-19-20(13-15)28-11-10-27-19/h2-5,12-13H,6-11,14H2,1H3/p+1. The van der Waals surface area contributed by atoms with E-state index in [1.807, 2.05) is 4.90 Å². The average Bonchev–Trinajstić information content (AvgIpc) is 2.73. The first-order valence-electron chi connectivity index (χ1n) is 9.49. The number of ether oxygens (including phenoxy) is 3. The van der Waals surface area contributed by atoms with Crippen LogP contribution in [0, 0.1) is 5.82 Å². The zero-order chi connectivity index (χ0) is 19.5. The number of nitrogens with zero attached hydrogens (tertiary/aromatic N) is 1. The molecule has 2 heterocycles. The molecule has 2 aromatic carbocycles. The van der Waals surface area contributed by atoms with E-state index >= 15 is 0 Å². The van der Waals surface area contributed by atoms with Gasteiger partial charge in [-0.25, -0.2) is 4.39 Å². The molecule has 1 fully saturated rings. The quantitative estimate of drug-likeness (QED) is 0.855. The molecule has 1 amide bonds. The van der Waals surface area contributed by atoms with Crippen molar-refractivity contribution in [2.24, 2.45) is 0 Å². The SMILES string of the molecule is COc1ccc(F)cc1C[NH+]1CCN(C(=O)c2ccc3c(c2)OCCO3)CC1. The number of rotatable bonds is 4. The fourth-order valence-electron chi connectivity index (χ4n) is 3.72. The first-order chi connectivity index (χ1) is 13.6. The number of piperazine rings is 1. The number of carbonyl (C=O) groups excluding carboxylic acids is 1. The zero-order valence-electron chi connectivity index (χ0n) is 15.9. The molecule has 6 nitrogen and oxygen atoms in total. The highest BCUT2D eigenvalue weighted by Crippen LogP contribution is 2.31. The molecule has 0 saturated carbocycles. The van der Waals surface area contributed by atoms with Crippen molar-refractivity contribution in [1.29, 1.82) is 0 Å². The topological polar surface area (TPSA) is 52.4 Å². The van der Waals surface area contributed by atoms with Crippen LogP contribution in [0.2, 0.25) is 0 Å². The average molecular weight is 387 g/mol. The lowest BCUT2D eigenvalue weighted by Gasteiger charge is -2.32. The molecule has 2 aromatic rings. The Hall–Kier alpha value is -2.80. The summed E-state index contributed by atoms with van der Waals surface area (Å²) < 4.78 is 30.0. The molecule has 0 aromatic heterocycles. The maximum absolute atomic E-state index is 13.6. The molecule has 0 spiro atoms. The summed E-state index contributed by atoms with van der Waals surface area (Å²) in [5.41, 5.74) is 1.46. The normalized spacial score (nSPS) is 16.7. The number of hydrogen-bond acceptors (Lipinski definition) is 4. The van der Waals surface area contributed by atoms with E-state index in [0.29, 0.717) is 55.7 Å². The van der Waals surface area contributed by atoms with Gasteiger partial charge in [-0.3, -0.25) is 4.79 Å². The summed E-state index contributed by atoms with van der Waals surface area (Å²) in [5, 5.41) is 0. The lowest BCUT2D eigenvalue weighted by atomic mass is 10.1. The molecule has 0 bridgehead atoms. The van der Waals surface area contributed by atoms with Gasteiger partial charge < -0.3 is 24.0 Å². The fraction of sp³-hybridized carbons (Fsp3) is 0.381. The molecule has 2 aliphatic rings. The van der Waals surface area contributed by atoms with Crippen LogP contribution in [0.25, 0.3) is 0 Å². The number of carbonyl (C=O) groups is 1. The van der Waals surface area contributed by atoms with Crippen molar-refractivity contribution >= 4 is 5.91 Å². The maximum atomic E-state index is 13.6. The van der Waals surface area contributed by atoms with Gasteiger partial charge in [-0.05, 0) is 36.4 Å². The van der Waals surface area contributed by atoms with Crippen molar-refractivity contribution < 1.29 is 28.3 Å². The van der Waals surface area contributed by atoms with Gasteiger partial charge in [0.15, 0.2) is 11.5 Å². The van der Waals surface area contributed by atoms with Crippen LogP contribution in [-0.4, -0.2) is 57.3 Å². The Morgan fingerprint density at radius 1 is 1.11 bits per heavy atom. The first-order valence-corrected chi connectivity index (χ1v) is 9.49. The number of methoxy groups -OCH3 is 1. The molecule has 0 unspecified atom stereocenters. The molecule has 4 rings (SSSR count). The largest absolute Gasteiger partial charge is 0.496 e. The minimum atomic E-state index is -0.261. The van der Waals surface area contributed by atoms with Crippen molar-refractivity contribution in [3.05, 3.63) is 53.3 Å². The summed E-state index contributed by atoms with van der Waals surface area (Å²) in [6, 6.07) is 9.92. The van der Waals surface area contributed by atoms with Crippen LogP contribution in [0.3, 0.4) is 0 Å². The van der Waals surface area contributed by atoms with Crippen LogP contribution in [0.15, 0.2) is 36.4 Å². The van der Waals surface area contributed by atoms with Gasteiger partial charge in [0.2, 0.25) is 0 Å². The highest BCUT2D eigenvalue weighted by molar-refractivity contribution is 5.95. The lowest BCUT2D eigenvalue weighted by molar-refractivity contribution is -0.917. The van der Waals surface area contributed by atoms with Crippen molar-refractivity contribution in [3.63, 3.8) is 0 Å². The monoisotopic (exact) mass is 387 g/mol. The van der Waals surface area contributed by atoms with Crippen LogP contribution in [0.1, 0.15) is 15.9 Å². The van der Waals surface area contributed by atoms with E-state index in [1.165, 1.54) is 17.0 Å². The smallest absolute Gasteiger partial charge is 0.254 e. The van der Waals surface area contributed by atoms with Crippen molar-refractivity contribution in [1.82, 2.24) is 4.90 Å². The lowest BCUT2D eigenvalue weighted by Crippen LogP contribution is -3.13. The highest BCUT2D eigenvalue weighted by atomic mass is 19.1. The number of amides is 1. The minimum absolute atomic E-state index is 0.000593. The van der Waals surface area contributed by atoms with Crippen LogP contribution in [-0.2, 0) is 6.54 Å². The summed E-state index contributed by atoms with van der Waals surface area (Å²) in [6.07, 6.45) is 0. The third-order valence-corrected chi connectivity index (χ3v) is 5.23. The van der Waals surface area contributed by atoms with Gasteiger partial charge >= 0.3 is 0 Å². The number of nitrogens with one attached hydrogen (secondary N) is 1. The van der Waals surface area contributed by atoms with Gasteiger partial charge in [-0.15, -0.1) is 0 Å². The van der Waals surface area contributed by atoms with E-state index in [4.69, 9.17) is 14.2 Å². The molecule has 0 radical (unpaired) electrons. The number of benzene rings is 2. The summed E-state index contributed by atoms with van der Waals surface area (Å²) in [6.45, 7) is 4.61. The number of quaternary nitrogens is 1. The maximum Gasteiger partial charge on any atom is 0.254 e. The first kappa shape index (κ1) is 18.6. The summed E-state index contributed by atoms with van der Waals surface area (Å²) >= 11 is 0. The minimum Gasteiger partial charge on any atom is -0.496 e. The fourth-order valence-corrected chi connectivity index (χ4v) is 3.72. The van der Waals surface area contributed by atoms with E-state index < -0.39 is 0 Å². The van der Waals surface area contributed by atoms with Gasteiger partial charge in [0.25, 0.3) is 5.91 Å². The second-order valence-electron chi connectivity index (χ2n) is 7.03. The Morgan fingerprint density at radius 3 is 2.61 bits per heavy atom. The molecule has 0 aliphatic carbocycles. The third kappa shape index (κ3) is 3.89. The Kier molecular flexibility index (Phi) is 5.34. The van der Waals surface area contributed by atoms with Crippen molar-refractivity contribution in [2.75, 3.05) is 46.5 Å². The predicted octanol–water partition coefficient (Wildman–Crippen LogP) is 1.15. The second kappa shape index (κ2) is 8.06. The van der Waals surface area contributed by atoms with E-state index in [2.05, 4.69) is 0 Å². The molecule has 1 N–H and O–H groups in total. The van der Waals surface area contributed by atoms with E-state index in [9.17, 15) is 9.18 Å². The Bertz CT molecular complexity index is 865. The van der Waals surface area contributed by atoms with E-state index in [0.717, 1.165) is 18.7 Å².